The smallest absolute Gasteiger partial charge is 0.238 e. The van der Waals surface area contributed by atoms with Crippen LogP contribution in [0, 0.1) is 5.41 Å². The van der Waals surface area contributed by atoms with Crippen molar-refractivity contribution in [3.8, 4) is 0 Å². The van der Waals surface area contributed by atoms with E-state index in [-0.39, 0.29) is 23.1 Å². The molecule has 1 heterocycles. The summed E-state index contributed by atoms with van der Waals surface area (Å²) in [4.78, 5) is 12.5. The van der Waals surface area contributed by atoms with Gasteiger partial charge in [0, 0.05) is 12.6 Å². The lowest BCUT2D eigenvalue weighted by Gasteiger charge is -2.25. The summed E-state index contributed by atoms with van der Waals surface area (Å²) in [5, 5.41) is 3.08. The fourth-order valence-corrected chi connectivity index (χ4v) is 5.31. The largest absolute Gasteiger partial charge is 0.352 e. The Morgan fingerprint density at radius 2 is 2.05 bits per heavy atom. The highest BCUT2D eigenvalue weighted by atomic mass is 32.2. The van der Waals surface area contributed by atoms with Gasteiger partial charge >= 0.3 is 0 Å². The van der Waals surface area contributed by atoms with Crippen LogP contribution in [0.15, 0.2) is 0 Å². The molecule has 2 rings (SSSR count). The minimum atomic E-state index is -3.29. The summed E-state index contributed by atoms with van der Waals surface area (Å²) in [6, 6.07) is -0.297. The predicted molar refractivity (Wildman–Crippen MR) is 83.4 cm³/mol. The SMILES string of the molecule is CCCS(=O)(=O)N1CCCC1C(=O)NC1CCC(C)(C)C1. The van der Waals surface area contributed by atoms with Gasteiger partial charge in [0.1, 0.15) is 6.04 Å². The zero-order chi connectivity index (χ0) is 15.7. The van der Waals surface area contributed by atoms with Gasteiger partial charge in [-0.3, -0.25) is 4.79 Å². The second-order valence-electron chi connectivity index (χ2n) is 7.20. The van der Waals surface area contributed by atoms with Crippen LogP contribution in [0.5, 0.6) is 0 Å². The van der Waals surface area contributed by atoms with E-state index >= 15 is 0 Å². The lowest BCUT2D eigenvalue weighted by atomic mass is 9.92. The summed E-state index contributed by atoms with van der Waals surface area (Å²) >= 11 is 0. The highest BCUT2D eigenvalue weighted by molar-refractivity contribution is 7.89. The number of carbonyl (C=O) groups is 1. The van der Waals surface area contributed by atoms with Crippen molar-refractivity contribution in [2.75, 3.05) is 12.3 Å². The molecule has 0 spiro atoms. The molecule has 2 atom stereocenters. The lowest BCUT2D eigenvalue weighted by Crippen LogP contribution is -2.48. The van der Waals surface area contributed by atoms with Gasteiger partial charge < -0.3 is 5.32 Å². The van der Waals surface area contributed by atoms with E-state index in [2.05, 4.69) is 19.2 Å². The van der Waals surface area contributed by atoms with Crippen molar-refractivity contribution < 1.29 is 13.2 Å². The van der Waals surface area contributed by atoms with Crippen LogP contribution < -0.4 is 5.32 Å². The third-order valence-electron chi connectivity index (χ3n) is 4.64. The van der Waals surface area contributed by atoms with Crippen molar-refractivity contribution in [1.29, 1.82) is 0 Å². The minimum absolute atomic E-state index is 0.102. The Morgan fingerprint density at radius 3 is 2.62 bits per heavy atom. The third kappa shape index (κ3) is 3.97. The number of hydrogen-bond donors (Lipinski definition) is 1. The molecule has 2 unspecified atom stereocenters. The molecule has 5 nitrogen and oxygen atoms in total. The molecular formula is C15H28N2O3S. The summed E-state index contributed by atoms with van der Waals surface area (Å²) in [6.45, 7) is 6.76. The van der Waals surface area contributed by atoms with E-state index in [1.807, 2.05) is 6.92 Å². The maximum atomic E-state index is 12.5. The van der Waals surface area contributed by atoms with Gasteiger partial charge in [-0.25, -0.2) is 8.42 Å². The minimum Gasteiger partial charge on any atom is -0.352 e. The van der Waals surface area contributed by atoms with Crippen LogP contribution in [-0.4, -0.2) is 43.0 Å². The predicted octanol–water partition coefficient (Wildman–Crippen LogP) is 1.89. The molecule has 1 aliphatic heterocycles. The van der Waals surface area contributed by atoms with E-state index < -0.39 is 16.1 Å². The first-order valence-corrected chi connectivity index (χ1v) is 9.66. The van der Waals surface area contributed by atoms with Gasteiger partial charge in [0.15, 0.2) is 0 Å². The van der Waals surface area contributed by atoms with Crippen molar-refractivity contribution >= 4 is 15.9 Å². The van der Waals surface area contributed by atoms with E-state index in [0.717, 1.165) is 25.7 Å². The molecule has 122 valence electrons. The second kappa shape index (κ2) is 6.24. The van der Waals surface area contributed by atoms with E-state index in [9.17, 15) is 13.2 Å². The Morgan fingerprint density at radius 1 is 1.33 bits per heavy atom. The van der Waals surface area contributed by atoms with Gasteiger partial charge in [0.2, 0.25) is 15.9 Å². The molecule has 0 radical (unpaired) electrons. The lowest BCUT2D eigenvalue weighted by molar-refractivity contribution is -0.124. The molecule has 6 heteroatoms. The molecule has 0 aromatic rings. The van der Waals surface area contributed by atoms with E-state index in [0.29, 0.717) is 19.4 Å². The van der Waals surface area contributed by atoms with Crippen LogP contribution >= 0.6 is 0 Å². The maximum Gasteiger partial charge on any atom is 0.238 e. The van der Waals surface area contributed by atoms with Crippen molar-refractivity contribution in [2.45, 2.75) is 71.4 Å². The first-order valence-electron chi connectivity index (χ1n) is 8.05. The standard InChI is InChI=1S/C15H28N2O3S/c1-4-10-21(19,20)17-9-5-6-13(17)14(18)16-12-7-8-15(2,3)11-12/h12-13H,4-11H2,1-3H3,(H,16,18). The molecule has 2 aliphatic rings. The van der Waals surface area contributed by atoms with Gasteiger partial charge in [-0.1, -0.05) is 20.8 Å². The molecule has 21 heavy (non-hydrogen) atoms. The molecule has 1 saturated heterocycles. The van der Waals surface area contributed by atoms with Gasteiger partial charge in [0.05, 0.1) is 5.75 Å². The molecule has 1 saturated carbocycles. The number of carbonyl (C=O) groups excluding carboxylic acids is 1. The first-order chi connectivity index (χ1) is 9.75. The van der Waals surface area contributed by atoms with Gasteiger partial charge in [-0.05, 0) is 43.9 Å². The number of sulfonamides is 1. The molecule has 1 N–H and O–H groups in total. The summed E-state index contributed by atoms with van der Waals surface area (Å²) in [5.74, 6) is 0.0302. The first kappa shape index (κ1) is 16.7. The molecule has 0 bridgehead atoms. The van der Waals surface area contributed by atoms with Crippen LogP contribution in [0.4, 0.5) is 0 Å². The van der Waals surface area contributed by atoms with Crippen molar-refractivity contribution in [2.24, 2.45) is 5.41 Å². The Hall–Kier alpha value is -0.620. The molecule has 1 amide bonds. The second-order valence-corrected chi connectivity index (χ2v) is 9.24. The Balaban J connectivity index is 1.98. The number of nitrogens with zero attached hydrogens (tertiary/aromatic N) is 1. The quantitative estimate of drug-likeness (QED) is 0.842. The fraction of sp³-hybridized carbons (Fsp3) is 0.933. The normalized spacial score (nSPS) is 29.7. The average molecular weight is 316 g/mol. The van der Waals surface area contributed by atoms with Crippen molar-refractivity contribution in [3.05, 3.63) is 0 Å². The van der Waals surface area contributed by atoms with E-state index in [1.54, 1.807) is 0 Å². The summed E-state index contributed by atoms with van der Waals surface area (Å²) in [6.07, 6.45) is 5.09. The molecule has 2 fully saturated rings. The van der Waals surface area contributed by atoms with Gasteiger partial charge in [0.25, 0.3) is 0 Å². The van der Waals surface area contributed by atoms with E-state index in [1.165, 1.54) is 4.31 Å². The van der Waals surface area contributed by atoms with Gasteiger partial charge in [-0.15, -0.1) is 0 Å². The summed E-state index contributed by atoms with van der Waals surface area (Å²) in [7, 11) is -3.29. The van der Waals surface area contributed by atoms with Crippen LogP contribution in [0.1, 0.15) is 59.3 Å². The number of amides is 1. The maximum absolute atomic E-state index is 12.5. The topological polar surface area (TPSA) is 66.5 Å². The zero-order valence-corrected chi connectivity index (χ0v) is 14.2. The molecule has 0 aromatic heterocycles. The van der Waals surface area contributed by atoms with E-state index in [4.69, 9.17) is 0 Å². The van der Waals surface area contributed by atoms with Crippen LogP contribution in [0.25, 0.3) is 0 Å². The average Bonchev–Trinajstić information content (AvgIpc) is 2.96. The fourth-order valence-electron chi connectivity index (χ4n) is 3.57. The molecule has 1 aliphatic carbocycles. The Kier molecular flexibility index (Phi) is 4.98. The summed E-state index contributed by atoms with van der Waals surface area (Å²) < 4.78 is 25.9. The number of hydrogen-bond acceptors (Lipinski definition) is 3. The van der Waals surface area contributed by atoms with Gasteiger partial charge in [-0.2, -0.15) is 4.31 Å². The number of rotatable bonds is 5. The Bertz CT molecular complexity index is 487. The van der Waals surface area contributed by atoms with Crippen molar-refractivity contribution in [1.82, 2.24) is 9.62 Å². The summed E-state index contributed by atoms with van der Waals surface area (Å²) in [5.41, 5.74) is 0.279. The highest BCUT2D eigenvalue weighted by Gasteiger charge is 2.40. The Labute approximate surface area is 128 Å². The van der Waals surface area contributed by atoms with Crippen LogP contribution in [0.3, 0.4) is 0 Å². The zero-order valence-electron chi connectivity index (χ0n) is 13.4. The molecular weight excluding hydrogens is 288 g/mol. The van der Waals surface area contributed by atoms with Crippen LogP contribution in [0.2, 0.25) is 0 Å². The monoisotopic (exact) mass is 316 g/mol. The van der Waals surface area contributed by atoms with Crippen molar-refractivity contribution in [3.63, 3.8) is 0 Å². The third-order valence-corrected chi connectivity index (χ3v) is 6.72. The number of nitrogens with one attached hydrogen (secondary N) is 1. The van der Waals surface area contributed by atoms with Crippen LogP contribution in [-0.2, 0) is 14.8 Å². The molecule has 0 aromatic carbocycles. The highest BCUT2D eigenvalue weighted by Crippen LogP contribution is 2.37.